The molecule has 0 aliphatic carbocycles. The lowest BCUT2D eigenvalue weighted by Crippen LogP contribution is -2.38. The lowest BCUT2D eigenvalue weighted by atomic mass is 10.2. The number of nitrogens with two attached hydrogens (primary N) is 1. The minimum atomic E-state index is -0.498. The van der Waals surface area contributed by atoms with Gasteiger partial charge in [0.1, 0.15) is 5.75 Å². The van der Waals surface area contributed by atoms with Crippen molar-refractivity contribution in [3.8, 4) is 5.75 Å². The quantitative estimate of drug-likeness (QED) is 0.328. The van der Waals surface area contributed by atoms with Gasteiger partial charge < -0.3 is 20.7 Å². The van der Waals surface area contributed by atoms with Gasteiger partial charge in [-0.25, -0.2) is 9.98 Å². The molecule has 0 saturated heterocycles. The highest BCUT2D eigenvalue weighted by Crippen LogP contribution is 2.14. The number of ether oxygens (including phenoxy) is 1. The number of amides is 1. The highest BCUT2D eigenvalue weighted by molar-refractivity contribution is 14.0. The normalized spacial score (nSPS) is 10.9. The third kappa shape index (κ3) is 8.12. The van der Waals surface area contributed by atoms with Crippen LogP contribution in [0, 0.1) is 6.92 Å². The fourth-order valence-electron chi connectivity index (χ4n) is 2.32. The number of carbonyl (C=O) groups is 1. The molecular weight excluding hydrogens is 477 g/mol. The first-order valence-electron chi connectivity index (χ1n) is 8.38. The molecule has 0 spiro atoms. The number of primary amides is 1. The summed E-state index contributed by atoms with van der Waals surface area (Å²) in [7, 11) is 1.99. The Balaban J connectivity index is 0.00000364. The Labute approximate surface area is 181 Å². The van der Waals surface area contributed by atoms with Gasteiger partial charge in [-0.2, -0.15) is 0 Å². The van der Waals surface area contributed by atoms with Crippen LogP contribution in [0.2, 0.25) is 0 Å². The van der Waals surface area contributed by atoms with Crippen molar-refractivity contribution in [2.75, 3.05) is 20.2 Å². The summed E-state index contributed by atoms with van der Waals surface area (Å²) in [6.45, 7) is 5.87. The molecule has 7 nitrogen and oxygen atoms in total. The smallest absolute Gasteiger partial charge is 0.255 e. The summed E-state index contributed by atoms with van der Waals surface area (Å²) < 4.78 is 5.34. The van der Waals surface area contributed by atoms with E-state index in [1.807, 2.05) is 44.0 Å². The maximum Gasteiger partial charge on any atom is 0.255 e. The predicted octanol–water partition coefficient (Wildman–Crippen LogP) is 2.53. The highest BCUT2D eigenvalue weighted by Gasteiger charge is 2.09. The summed E-state index contributed by atoms with van der Waals surface area (Å²) in [5.41, 5.74) is 7.12. The summed E-state index contributed by atoms with van der Waals surface area (Å²) in [4.78, 5) is 22.1. The van der Waals surface area contributed by atoms with Gasteiger partial charge in [0.2, 0.25) is 0 Å². The van der Waals surface area contributed by atoms with Crippen LogP contribution in [-0.2, 0) is 17.9 Å². The zero-order valence-corrected chi connectivity index (χ0v) is 18.9. The second kappa shape index (κ2) is 11.8. The van der Waals surface area contributed by atoms with E-state index in [4.69, 9.17) is 10.5 Å². The number of aryl methyl sites for hydroxylation is 1. The van der Waals surface area contributed by atoms with Crippen LogP contribution in [0.3, 0.4) is 0 Å². The number of nitrogens with one attached hydrogen (secondary N) is 1. The maximum atomic E-state index is 10.8. The van der Waals surface area contributed by atoms with E-state index in [1.54, 1.807) is 17.4 Å². The van der Waals surface area contributed by atoms with Gasteiger partial charge in [0.15, 0.2) is 12.6 Å². The van der Waals surface area contributed by atoms with Crippen LogP contribution < -0.4 is 15.8 Å². The zero-order chi connectivity index (χ0) is 18.9. The molecule has 1 aromatic heterocycles. The van der Waals surface area contributed by atoms with Crippen LogP contribution in [0.4, 0.5) is 0 Å². The number of nitrogens with zero attached hydrogens (tertiary/aromatic N) is 3. The van der Waals surface area contributed by atoms with E-state index in [-0.39, 0.29) is 30.6 Å². The number of hydrogen-bond acceptors (Lipinski definition) is 5. The molecule has 2 rings (SSSR count). The Morgan fingerprint density at radius 3 is 2.85 bits per heavy atom. The minimum absolute atomic E-state index is 0. The van der Waals surface area contributed by atoms with Gasteiger partial charge in [-0.05, 0) is 31.5 Å². The number of halogens is 1. The van der Waals surface area contributed by atoms with Crippen molar-refractivity contribution >= 4 is 47.2 Å². The number of aliphatic imine (C=N–C) groups is 1. The minimum Gasteiger partial charge on any atom is -0.484 e. The number of rotatable bonds is 8. The van der Waals surface area contributed by atoms with Gasteiger partial charge in [0, 0.05) is 19.0 Å². The Morgan fingerprint density at radius 1 is 1.44 bits per heavy atom. The Morgan fingerprint density at radius 2 is 2.22 bits per heavy atom. The topological polar surface area (TPSA) is 92.8 Å². The zero-order valence-electron chi connectivity index (χ0n) is 15.8. The molecule has 0 radical (unpaired) electrons. The standard InChI is InChI=1S/C18H25N5O2S.HI/c1-4-20-18(23(3)10-15-12-26-13(2)22-15)21-9-14-6-5-7-16(8-14)25-11-17(19)24;/h5-8,12H,4,9-11H2,1-3H3,(H2,19,24)(H,20,21);1H. The molecular formula is C18H26IN5O2S. The van der Waals surface area contributed by atoms with Crippen LogP contribution in [-0.4, -0.2) is 41.9 Å². The Hall–Kier alpha value is -1.88. The molecule has 3 N–H and O–H groups in total. The highest BCUT2D eigenvalue weighted by atomic mass is 127. The molecule has 0 atom stereocenters. The number of benzene rings is 1. The second-order valence-electron chi connectivity index (χ2n) is 5.79. The first-order valence-corrected chi connectivity index (χ1v) is 9.26. The van der Waals surface area contributed by atoms with Crippen molar-refractivity contribution in [1.29, 1.82) is 0 Å². The van der Waals surface area contributed by atoms with Crippen LogP contribution in [0.5, 0.6) is 5.75 Å². The van der Waals surface area contributed by atoms with Crippen molar-refractivity contribution in [3.05, 3.63) is 45.9 Å². The fourth-order valence-corrected chi connectivity index (χ4v) is 2.93. The first-order chi connectivity index (χ1) is 12.5. The maximum absolute atomic E-state index is 10.8. The molecule has 1 aromatic carbocycles. The number of carbonyl (C=O) groups excluding carboxylic acids is 1. The summed E-state index contributed by atoms with van der Waals surface area (Å²) in [5.74, 6) is 0.913. The van der Waals surface area contributed by atoms with Gasteiger partial charge >= 0.3 is 0 Å². The van der Waals surface area contributed by atoms with E-state index in [0.717, 1.165) is 28.8 Å². The molecule has 2 aromatic rings. The van der Waals surface area contributed by atoms with Crippen LogP contribution >= 0.6 is 35.3 Å². The van der Waals surface area contributed by atoms with Gasteiger partial charge in [0.05, 0.1) is 23.8 Å². The molecule has 0 aliphatic rings. The van der Waals surface area contributed by atoms with Crippen molar-refractivity contribution in [3.63, 3.8) is 0 Å². The Bertz CT molecular complexity index is 766. The average molecular weight is 503 g/mol. The lowest BCUT2D eigenvalue weighted by molar-refractivity contribution is -0.119. The number of aromatic nitrogens is 1. The number of thiazole rings is 1. The molecule has 0 unspecified atom stereocenters. The van der Waals surface area contributed by atoms with Crippen molar-refractivity contribution in [2.24, 2.45) is 10.7 Å². The second-order valence-corrected chi connectivity index (χ2v) is 6.85. The van der Waals surface area contributed by atoms with E-state index in [0.29, 0.717) is 18.8 Å². The first kappa shape index (κ1) is 23.2. The van der Waals surface area contributed by atoms with Gasteiger partial charge in [-0.3, -0.25) is 4.79 Å². The number of guanidine groups is 1. The van der Waals surface area contributed by atoms with Crippen LogP contribution in [0.15, 0.2) is 34.6 Å². The van der Waals surface area contributed by atoms with Gasteiger partial charge in [-0.15, -0.1) is 35.3 Å². The van der Waals surface area contributed by atoms with Crippen LogP contribution in [0.1, 0.15) is 23.2 Å². The molecule has 148 valence electrons. The third-order valence-corrected chi connectivity index (χ3v) is 4.28. The molecule has 9 heteroatoms. The van der Waals surface area contributed by atoms with Gasteiger partial charge in [-0.1, -0.05) is 12.1 Å². The van der Waals surface area contributed by atoms with Crippen molar-refractivity contribution < 1.29 is 9.53 Å². The van der Waals surface area contributed by atoms with Crippen molar-refractivity contribution in [1.82, 2.24) is 15.2 Å². The van der Waals surface area contributed by atoms with E-state index >= 15 is 0 Å². The molecule has 0 bridgehead atoms. The van der Waals surface area contributed by atoms with E-state index in [9.17, 15) is 4.79 Å². The average Bonchev–Trinajstić information content (AvgIpc) is 3.01. The molecule has 1 heterocycles. The van der Waals surface area contributed by atoms with Crippen molar-refractivity contribution in [2.45, 2.75) is 26.9 Å². The van der Waals surface area contributed by atoms with E-state index in [1.165, 1.54) is 0 Å². The lowest BCUT2D eigenvalue weighted by Gasteiger charge is -2.21. The SMILES string of the molecule is CCNC(=NCc1cccc(OCC(N)=O)c1)N(C)Cc1csc(C)n1.I. The van der Waals surface area contributed by atoms with E-state index < -0.39 is 5.91 Å². The molecule has 27 heavy (non-hydrogen) atoms. The molecule has 0 aliphatic heterocycles. The van der Waals surface area contributed by atoms with E-state index in [2.05, 4.69) is 20.7 Å². The third-order valence-electron chi connectivity index (χ3n) is 3.45. The predicted molar refractivity (Wildman–Crippen MR) is 120 cm³/mol. The van der Waals surface area contributed by atoms with Gasteiger partial charge in [0.25, 0.3) is 5.91 Å². The molecule has 0 fully saturated rings. The number of hydrogen-bond donors (Lipinski definition) is 2. The summed E-state index contributed by atoms with van der Waals surface area (Å²) in [5, 5.41) is 6.42. The molecule has 1 amide bonds. The summed E-state index contributed by atoms with van der Waals surface area (Å²) in [6, 6.07) is 7.49. The molecule has 0 saturated carbocycles. The van der Waals surface area contributed by atoms with Crippen LogP contribution in [0.25, 0.3) is 0 Å². The summed E-state index contributed by atoms with van der Waals surface area (Å²) >= 11 is 1.65. The largest absolute Gasteiger partial charge is 0.484 e. The monoisotopic (exact) mass is 503 g/mol. The summed E-state index contributed by atoms with van der Waals surface area (Å²) in [6.07, 6.45) is 0. The fraction of sp³-hybridized carbons (Fsp3) is 0.389. The Kier molecular flexibility index (Phi) is 10.1.